The predicted molar refractivity (Wildman–Crippen MR) is 76.6 cm³/mol. The van der Waals surface area contributed by atoms with Crippen LogP contribution in [-0.2, 0) is 0 Å². The second-order valence-corrected chi connectivity index (χ2v) is 6.46. The zero-order valence-electron chi connectivity index (χ0n) is 12.5. The van der Waals surface area contributed by atoms with Crippen LogP contribution in [0.1, 0.15) is 66.2 Å². The first kappa shape index (κ1) is 15.3. The molecule has 3 heteroatoms. The molecule has 18 heavy (non-hydrogen) atoms. The molecule has 1 fully saturated rings. The molecular formula is C15H30N2O. The van der Waals surface area contributed by atoms with Gasteiger partial charge in [0, 0.05) is 12.1 Å². The molecule has 106 valence electrons. The summed E-state index contributed by atoms with van der Waals surface area (Å²) in [5.41, 5.74) is 0. The molecule has 0 bridgehead atoms. The van der Waals surface area contributed by atoms with E-state index in [9.17, 15) is 4.79 Å². The van der Waals surface area contributed by atoms with Gasteiger partial charge in [-0.3, -0.25) is 0 Å². The van der Waals surface area contributed by atoms with Gasteiger partial charge in [0.1, 0.15) is 0 Å². The highest BCUT2D eigenvalue weighted by molar-refractivity contribution is 5.74. The Morgan fingerprint density at radius 2 is 1.94 bits per heavy atom. The van der Waals surface area contributed by atoms with Crippen molar-refractivity contribution in [2.24, 2.45) is 11.8 Å². The van der Waals surface area contributed by atoms with Gasteiger partial charge in [-0.2, -0.15) is 0 Å². The molecule has 0 spiro atoms. The van der Waals surface area contributed by atoms with Gasteiger partial charge >= 0.3 is 6.03 Å². The summed E-state index contributed by atoms with van der Waals surface area (Å²) in [6, 6.07) is 0.671. The van der Waals surface area contributed by atoms with Crippen LogP contribution in [-0.4, -0.2) is 18.1 Å². The average molecular weight is 254 g/mol. The molecule has 0 radical (unpaired) electrons. The van der Waals surface area contributed by atoms with E-state index in [0.717, 1.165) is 25.2 Å². The van der Waals surface area contributed by atoms with Crippen molar-refractivity contribution in [1.29, 1.82) is 0 Å². The molecule has 3 nitrogen and oxygen atoms in total. The van der Waals surface area contributed by atoms with E-state index in [1.165, 1.54) is 19.3 Å². The Hall–Kier alpha value is -0.730. The van der Waals surface area contributed by atoms with Crippen LogP contribution in [0, 0.1) is 11.8 Å². The van der Waals surface area contributed by atoms with E-state index in [4.69, 9.17) is 0 Å². The lowest BCUT2D eigenvalue weighted by atomic mass is 9.87. The third-order valence-corrected chi connectivity index (χ3v) is 3.83. The molecule has 3 unspecified atom stereocenters. The van der Waals surface area contributed by atoms with Crippen molar-refractivity contribution in [3.05, 3.63) is 0 Å². The fraction of sp³-hybridized carbons (Fsp3) is 0.933. The van der Waals surface area contributed by atoms with E-state index in [2.05, 4.69) is 38.3 Å². The molecule has 1 rings (SSSR count). The maximum Gasteiger partial charge on any atom is 0.315 e. The molecule has 0 aromatic carbocycles. The molecule has 1 aliphatic carbocycles. The lowest BCUT2D eigenvalue weighted by Crippen LogP contribution is -2.46. The van der Waals surface area contributed by atoms with Gasteiger partial charge in [-0.05, 0) is 44.4 Å². The number of carbonyl (C=O) groups excluding carboxylic acids is 1. The molecule has 0 saturated heterocycles. The fourth-order valence-corrected chi connectivity index (χ4v) is 2.67. The molecule has 0 aromatic heterocycles. The summed E-state index contributed by atoms with van der Waals surface area (Å²) in [6.07, 6.45) is 7.06. The van der Waals surface area contributed by atoms with Crippen LogP contribution in [0.2, 0.25) is 0 Å². The summed E-state index contributed by atoms with van der Waals surface area (Å²) >= 11 is 0. The van der Waals surface area contributed by atoms with Crippen molar-refractivity contribution < 1.29 is 4.79 Å². The van der Waals surface area contributed by atoms with E-state index >= 15 is 0 Å². The topological polar surface area (TPSA) is 41.1 Å². The standard InChI is InChI=1S/C15H30N2O/c1-11(2)8-9-13(4)16-15(18)17-14-7-5-6-12(3)10-14/h11-14H,5-10H2,1-4H3,(H2,16,17,18). The van der Waals surface area contributed by atoms with Gasteiger partial charge in [-0.1, -0.05) is 33.6 Å². The monoisotopic (exact) mass is 254 g/mol. The third kappa shape index (κ3) is 6.27. The minimum absolute atomic E-state index is 0.0188. The Morgan fingerprint density at radius 1 is 1.22 bits per heavy atom. The maximum atomic E-state index is 11.9. The van der Waals surface area contributed by atoms with Crippen LogP contribution in [0.3, 0.4) is 0 Å². The smallest absolute Gasteiger partial charge is 0.315 e. The van der Waals surface area contributed by atoms with Crippen LogP contribution in [0.25, 0.3) is 0 Å². The van der Waals surface area contributed by atoms with E-state index in [0.29, 0.717) is 12.0 Å². The summed E-state index contributed by atoms with van der Waals surface area (Å²) in [5.74, 6) is 1.46. The Kier molecular flexibility index (Phi) is 6.51. The number of nitrogens with one attached hydrogen (secondary N) is 2. The molecule has 0 aliphatic heterocycles. The summed E-state index contributed by atoms with van der Waals surface area (Å²) in [5, 5.41) is 6.17. The Bertz CT molecular complexity index is 253. The summed E-state index contributed by atoms with van der Waals surface area (Å²) in [4.78, 5) is 11.9. The van der Waals surface area contributed by atoms with Crippen molar-refractivity contribution in [2.45, 2.75) is 78.3 Å². The minimum atomic E-state index is 0.0188. The molecule has 1 saturated carbocycles. The fourth-order valence-electron chi connectivity index (χ4n) is 2.67. The highest BCUT2D eigenvalue weighted by atomic mass is 16.2. The Labute approximate surface area is 112 Å². The highest BCUT2D eigenvalue weighted by Gasteiger charge is 2.20. The van der Waals surface area contributed by atoms with Gasteiger partial charge in [0.05, 0.1) is 0 Å². The predicted octanol–water partition coefficient (Wildman–Crippen LogP) is 3.69. The molecule has 2 N–H and O–H groups in total. The highest BCUT2D eigenvalue weighted by Crippen LogP contribution is 2.23. The molecule has 2 amide bonds. The van der Waals surface area contributed by atoms with Crippen molar-refractivity contribution in [1.82, 2.24) is 10.6 Å². The Balaban J connectivity index is 2.19. The van der Waals surface area contributed by atoms with Crippen LogP contribution in [0.15, 0.2) is 0 Å². The van der Waals surface area contributed by atoms with Gasteiger partial charge in [-0.15, -0.1) is 0 Å². The molecule has 3 atom stereocenters. The van der Waals surface area contributed by atoms with Crippen LogP contribution < -0.4 is 10.6 Å². The molecule has 0 aromatic rings. The van der Waals surface area contributed by atoms with Gasteiger partial charge in [0.2, 0.25) is 0 Å². The van der Waals surface area contributed by atoms with E-state index in [1.807, 2.05) is 0 Å². The van der Waals surface area contributed by atoms with Gasteiger partial charge < -0.3 is 10.6 Å². The largest absolute Gasteiger partial charge is 0.336 e. The van der Waals surface area contributed by atoms with Crippen molar-refractivity contribution >= 4 is 6.03 Å². The number of urea groups is 1. The lowest BCUT2D eigenvalue weighted by molar-refractivity contribution is 0.223. The SMILES string of the molecule is CC(C)CCC(C)NC(=O)NC1CCCC(C)C1. The summed E-state index contributed by atoms with van der Waals surface area (Å²) < 4.78 is 0. The number of hydrogen-bond acceptors (Lipinski definition) is 1. The number of carbonyl (C=O) groups is 1. The zero-order chi connectivity index (χ0) is 13.5. The van der Waals surface area contributed by atoms with Crippen LogP contribution in [0.4, 0.5) is 4.79 Å². The second kappa shape index (κ2) is 7.65. The zero-order valence-corrected chi connectivity index (χ0v) is 12.5. The van der Waals surface area contributed by atoms with Gasteiger partial charge in [0.15, 0.2) is 0 Å². The minimum Gasteiger partial charge on any atom is -0.336 e. The number of amides is 2. The van der Waals surface area contributed by atoms with E-state index < -0.39 is 0 Å². The van der Waals surface area contributed by atoms with Crippen LogP contribution >= 0.6 is 0 Å². The van der Waals surface area contributed by atoms with Crippen molar-refractivity contribution in [2.75, 3.05) is 0 Å². The van der Waals surface area contributed by atoms with E-state index in [1.54, 1.807) is 0 Å². The average Bonchev–Trinajstić information content (AvgIpc) is 2.26. The van der Waals surface area contributed by atoms with Gasteiger partial charge in [0.25, 0.3) is 0 Å². The second-order valence-electron chi connectivity index (χ2n) is 6.46. The Morgan fingerprint density at radius 3 is 2.56 bits per heavy atom. The summed E-state index contributed by atoms with van der Waals surface area (Å²) in [7, 11) is 0. The molecule has 1 aliphatic rings. The lowest BCUT2D eigenvalue weighted by Gasteiger charge is -2.28. The van der Waals surface area contributed by atoms with Gasteiger partial charge in [-0.25, -0.2) is 4.79 Å². The van der Waals surface area contributed by atoms with Crippen LogP contribution in [0.5, 0.6) is 0 Å². The first-order chi connectivity index (χ1) is 8.47. The quantitative estimate of drug-likeness (QED) is 0.772. The normalized spacial score (nSPS) is 25.8. The third-order valence-electron chi connectivity index (χ3n) is 3.83. The number of rotatable bonds is 5. The first-order valence-corrected chi connectivity index (χ1v) is 7.54. The summed E-state index contributed by atoms with van der Waals surface area (Å²) in [6.45, 7) is 8.80. The molecule has 0 heterocycles. The van der Waals surface area contributed by atoms with E-state index in [-0.39, 0.29) is 12.1 Å². The van der Waals surface area contributed by atoms with Crippen molar-refractivity contribution in [3.8, 4) is 0 Å². The first-order valence-electron chi connectivity index (χ1n) is 7.54. The maximum absolute atomic E-state index is 11.9. The molecular weight excluding hydrogens is 224 g/mol. The van der Waals surface area contributed by atoms with Crippen molar-refractivity contribution in [3.63, 3.8) is 0 Å². The number of hydrogen-bond donors (Lipinski definition) is 2.